The molecule has 0 heteroatoms. The lowest BCUT2D eigenvalue weighted by Crippen LogP contribution is -1.99. The van der Waals surface area contributed by atoms with Crippen molar-refractivity contribution in [3.63, 3.8) is 0 Å². The molecule has 2 unspecified atom stereocenters. The largest absolute Gasteiger partial charge is 0.0654 e. The summed E-state index contributed by atoms with van der Waals surface area (Å²) in [6.07, 6.45) is 17.3. The molecule has 122 valence electrons. The van der Waals surface area contributed by atoms with Crippen LogP contribution in [0, 0.1) is 17.8 Å². The summed E-state index contributed by atoms with van der Waals surface area (Å²) in [5.41, 5.74) is 0. The van der Waals surface area contributed by atoms with Gasteiger partial charge in [-0.05, 0) is 17.8 Å². The Bertz CT molecular complexity index is 182. The molecular formula is C20H42. The lowest BCUT2D eigenvalue weighted by atomic mass is 9.93. The first-order valence-electron chi connectivity index (χ1n) is 9.56. The molecule has 0 spiro atoms. The van der Waals surface area contributed by atoms with Gasteiger partial charge in [0.25, 0.3) is 0 Å². The molecule has 20 heavy (non-hydrogen) atoms. The van der Waals surface area contributed by atoms with E-state index in [0.717, 1.165) is 17.8 Å². The van der Waals surface area contributed by atoms with Gasteiger partial charge in [-0.2, -0.15) is 0 Å². The summed E-state index contributed by atoms with van der Waals surface area (Å²) < 4.78 is 0. The quantitative estimate of drug-likeness (QED) is 0.287. The minimum absolute atomic E-state index is 0.881. The van der Waals surface area contributed by atoms with E-state index in [4.69, 9.17) is 0 Å². The van der Waals surface area contributed by atoms with Crippen molar-refractivity contribution in [1.29, 1.82) is 0 Å². The molecule has 0 aromatic rings. The van der Waals surface area contributed by atoms with Crippen molar-refractivity contribution in [2.75, 3.05) is 0 Å². The molecule has 0 aliphatic heterocycles. The topological polar surface area (TPSA) is 0 Å². The molecule has 0 saturated carbocycles. The number of hydrogen-bond acceptors (Lipinski definition) is 0. The maximum absolute atomic E-state index is 2.46. The first-order chi connectivity index (χ1) is 9.56. The third kappa shape index (κ3) is 14.4. The van der Waals surface area contributed by atoms with Gasteiger partial charge in [0.05, 0.1) is 0 Å². The zero-order valence-electron chi connectivity index (χ0n) is 15.2. The van der Waals surface area contributed by atoms with Crippen LogP contribution in [0.4, 0.5) is 0 Å². The second-order valence-electron chi connectivity index (χ2n) is 7.67. The van der Waals surface area contributed by atoms with Crippen LogP contribution in [-0.2, 0) is 0 Å². The monoisotopic (exact) mass is 282 g/mol. The average molecular weight is 283 g/mol. The highest BCUT2D eigenvalue weighted by atomic mass is 14.1. The molecule has 0 amide bonds. The van der Waals surface area contributed by atoms with Crippen molar-refractivity contribution < 1.29 is 0 Å². The van der Waals surface area contributed by atoms with Crippen LogP contribution in [0.5, 0.6) is 0 Å². The Morgan fingerprint density at radius 3 is 1.40 bits per heavy atom. The first-order valence-corrected chi connectivity index (χ1v) is 9.56. The van der Waals surface area contributed by atoms with Crippen LogP contribution in [0.15, 0.2) is 0 Å². The highest BCUT2D eigenvalue weighted by molar-refractivity contribution is 4.58. The van der Waals surface area contributed by atoms with Crippen molar-refractivity contribution in [1.82, 2.24) is 0 Å². The van der Waals surface area contributed by atoms with Gasteiger partial charge in [-0.15, -0.1) is 0 Å². The van der Waals surface area contributed by atoms with E-state index in [0.29, 0.717) is 0 Å². The maximum Gasteiger partial charge on any atom is -0.0443 e. The van der Waals surface area contributed by atoms with E-state index in [2.05, 4.69) is 34.6 Å². The van der Waals surface area contributed by atoms with Crippen LogP contribution in [0.2, 0.25) is 0 Å². The number of rotatable bonds is 14. The van der Waals surface area contributed by atoms with Gasteiger partial charge in [-0.25, -0.2) is 0 Å². The molecule has 0 N–H and O–H groups in total. The molecule has 0 radical (unpaired) electrons. The van der Waals surface area contributed by atoms with Crippen LogP contribution in [0.3, 0.4) is 0 Å². The van der Waals surface area contributed by atoms with Gasteiger partial charge in [0, 0.05) is 0 Å². The Kier molecular flexibility index (Phi) is 14.0. The highest BCUT2D eigenvalue weighted by Crippen LogP contribution is 2.20. The fourth-order valence-electron chi connectivity index (χ4n) is 2.99. The van der Waals surface area contributed by atoms with Crippen LogP contribution >= 0.6 is 0 Å². The minimum atomic E-state index is 0.881. The van der Waals surface area contributed by atoms with Crippen molar-refractivity contribution in [3.05, 3.63) is 0 Å². The van der Waals surface area contributed by atoms with Crippen LogP contribution in [-0.4, -0.2) is 0 Å². The van der Waals surface area contributed by atoms with Crippen LogP contribution < -0.4 is 0 Å². The van der Waals surface area contributed by atoms with Gasteiger partial charge < -0.3 is 0 Å². The summed E-state index contributed by atoms with van der Waals surface area (Å²) in [5, 5.41) is 0. The van der Waals surface area contributed by atoms with Gasteiger partial charge in [-0.3, -0.25) is 0 Å². The third-order valence-corrected chi connectivity index (χ3v) is 4.68. The van der Waals surface area contributed by atoms with Gasteiger partial charge in [-0.1, -0.05) is 112 Å². The fourth-order valence-corrected chi connectivity index (χ4v) is 2.99. The Hall–Kier alpha value is 0. The van der Waals surface area contributed by atoms with Gasteiger partial charge in [0.15, 0.2) is 0 Å². The molecule has 0 aliphatic carbocycles. The maximum atomic E-state index is 2.46. The normalized spacial score (nSPS) is 14.7. The van der Waals surface area contributed by atoms with Gasteiger partial charge >= 0.3 is 0 Å². The number of unbranched alkanes of at least 4 members (excludes halogenated alkanes) is 5. The van der Waals surface area contributed by atoms with E-state index >= 15 is 0 Å². The average Bonchev–Trinajstić information content (AvgIpc) is 2.41. The molecule has 0 heterocycles. The second-order valence-corrected chi connectivity index (χ2v) is 7.67. The van der Waals surface area contributed by atoms with Crippen LogP contribution in [0.1, 0.15) is 112 Å². The van der Waals surface area contributed by atoms with Crippen LogP contribution in [0.25, 0.3) is 0 Å². The van der Waals surface area contributed by atoms with Crippen molar-refractivity contribution in [2.24, 2.45) is 17.8 Å². The summed E-state index contributed by atoms with van der Waals surface area (Å²) in [6, 6.07) is 0. The Labute approximate surface area is 130 Å². The SMILES string of the molecule is CCCCCCC(C)CCCCCC(C)CCC(C)C. The minimum Gasteiger partial charge on any atom is -0.0654 e. The Balaban J connectivity index is 3.29. The molecule has 0 nitrogen and oxygen atoms in total. The van der Waals surface area contributed by atoms with E-state index in [9.17, 15) is 0 Å². The molecule has 0 saturated heterocycles. The molecule has 0 rings (SSSR count). The molecular weight excluding hydrogens is 240 g/mol. The van der Waals surface area contributed by atoms with Crippen molar-refractivity contribution in [3.8, 4) is 0 Å². The summed E-state index contributed by atoms with van der Waals surface area (Å²) in [4.78, 5) is 0. The van der Waals surface area contributed by atoms with Gasteiger partial charge in [0.2, 0.25) is 0 Å². The Morgan fingerprint density at radius 1 is 0.500 bits per heavy atom. The fraction of sp³-hybridized carbons (Fsp3) is 1.00. The molecule has 0 bridgehead atoms. The smallest absolute Gasteiger partial charge is 0.0443 e. The third-order valence-electron chi connectivity index (χ3n) is 4.68. The predicted octanol–water partition coefficient (Wildman–Crippen LogP) is 7.62. The first kappa shape index (κ1) is 20.0. The van der Waals surface area contributed by atoms with E-state index in [1.54, 1.807) is 0 Å². The van der Waals surface area contributed by atoms with Crippen molar-refractivity contribution >= 4 is 0 Å². The van der Waals surface area contributed by atoms with E-state index in [1.165, 1.54) is 77.0 Å². The lowest BCUT2D eigenvalue weighted by Gasteiger charge is -2.14. The summed E-state index contributed by atoms with van der Waals surface area (Å²) in [5.74, 6) is 2.79. The predicted molar refractivity (Wildman–Crippen MR) is 94.2 cm³/mol. The molecule has 0 aromatic carbocycles. The molecule has 0 fully saturated rings. The van der Waals surface area contributed by atoms with E-state index < -0.39 is 0 Å². The highest BCUT2D eigenvalue weighted by Gasteiger charge is 2.05. The lowest BCUT2D eigenvalue weighted by molar-refractivity contribution is 0.397. The summed E-state index contributed by atoms with van der Waals surface area (Å²) in [7, 11) is 0. The zero-order valence-corrected chi connectivity index (χ0v) is 15.2. The summed E-state index contributed by atoms with van der Waals surface area (Å²) in [6.45, 7) is 11.9. The molecule has 2 atom stereocenters. The van der Waals surface area contributed by atoms with Gasteiger partial charge in [0.1, 0.15) is 0 Å². The van der Waals surface area contributed by atoms with Crippen molar-refractivity contribution in [2.45, 2.75) is 112 Å². The summed E-state index contributed by atoms with van der Waals surface area (Å²) >= 11 is 0. The molecule has 0 aliphatic rings. The zero-order chi connectivity index (χ0) is 15.2. The Morgan fingerprint density at radius 2 is 0.950 bits per heavy atom. The number of hydrogen-bond donors (Lipinski definition) is 0. The second kappa shape index (κ2) is 14.0. The standard InChI is InChI=1S/C20H42/c1-6-7-8-10-13-19(4)14-11-9-12-15-20(5)17-16-18(2)3/h18-20H,6-17H2,1-5H3. The van der Waals surface area contributed by atoms with E-state index in [-0.39, 0.29) is 0 Å². The van der Waals surface area contributed by atoms with E-state index in [1.807, 2.05) is 0 Å². The molecule has 0 aromatic heterocycles.